The maximum absolute atomic E-state index is 13.7. The third kappa shape index (κ3) is 4.43. The molecule has 2 aliphatic rings. The molecule has 0 spiro atoms. The summed E-state index contributed by atoms with van der Waals surface area (Å²) in [6.45, 7) is 0.592. The number of nitrogens with one attached hydrogen (secondary N) is 1. The molecule has 0 radical (unpaired) electrons. The van der Waals surface area contributed by atoms with Crippen LogP contribution in [0.1, 0.15) is 58.3 Å². The molecule has 0 bridgehead atoms. The maximum Gasteiger partial charge on any atom is 0.254 e. The molecule has 174 valence electrons. The van der Waals surface area contributed by atoms with Gasteiger partial charge >= 0.3 is 0 Å². The van der Waals surface area contributed by atoms with Gasteiger partial charge in [-0.05, 0) is 60.6 Å². The van der Waals surface area contributed by atoms with E-state index in [1.165, 1.54) is 5.56 Å². The van der Waals surface area contributed by atoms with Crippen LogP contribution >= 0.6 is 0 Å². The summed E-state index contributed by atoms with van der Waals surface area (Å²) in [7, 11) is 1.63. The molecule has 2 atom stereocenters. The molecule has 3 aromatic carbocycles. The van der Waals surface area contributed by atoms with E-state index in [1.807, 2.05) is 71.6 Å². The number of carbonyl (C=O) groups excluding carboxylic acids is 2. The van der Waals surface area contributed by atoms with Crippen molar-refractivity contribution in [3.8, 4) is 5.75 Å². The molecule has 5 heteroatoms. The molecule has 1 aliphatic carbocycles. The third-order valence-electron chi connectivity index (χ3n) is 6.82. The molecular weight excluding hydrogens is 424 g/mol. The quantitative estimate of drug-likeness (QED) is 0.493. The Morgan fingerprint density at radius 3 is 2.53 bits per heavy atom. The fraction of sp³-hybridized carbons (Fsp3) is 0.310. The van der Waals surface area contributed by atoms with E-state index < -0.39 is 5.92 Å². The largest absolute Gasteiger partial charge is 0.497 e. The van der Waals surface area contributed by atoms with Crippen molar-refractivity contribution in [3.05, 3.63) is 101 Å². The van der Waals surface area contributed by atoms with Crippen LogP contribution in [-0.2, 0) is 11.2 Å². The minimum absolute atomic E-state index is 0.0130. The van der Waals surface area contributed by atoms with E-state index in [1.54, 1.807) is 7.11 Å². The van der Waals surface area contributed by atoms with Crippen molar-refractivity contribution >= 4 is 11.8 Å². The molecule has 1 saturated carbocycles. The summed E-state index contributed by atoms with van der Waals surface area (Å²) in [5.41, 5.74) is 3.63. The van der Waals surface area contributed by atoms with Crippen molar-refractivity contribution in [1.82, 2.24) is 10.2 Å². The van der Waals surface area contributed by atoms with Crippen LogP contribution in [0.25, 0.3) is 0 Å². The Kier molecular flexibility index (Phi) is 6.35. The number of methoxy groups -OCH3 is 1. The number of hydrogen-bond acceptors (Lipinski definition) is 3. The molecule has 2 amide bonds. The van der Waals surface area contributed by atoms with Crippen LogP contribution in [0, 0.1) is 0 Å². The van der Waals surface area contributed by atoms with Crippen molar-refractivity contribution in [3.63, 3.8) is 0 Å². The van der Waals surface area contributed by atoms with E-state index in [2.05, 4.69) is 17.4 Å². The van der Waals surface area contributed by atoms with Crippen LogP contribution in [0.5, 0.6) is 5.75 Å². The lowest BCUT2D eigenvalue weighted by Gasteiger charge is -2.42. The molecular formula is C29H30N2O3. The summed E-state index contributed by atoms with van der Waals surface area (Å²) >= 11 is 0. The van der Waals surface area contributed by atoms with Gasteiger partial charge in [0.25, 0.3) is 5.91 Å². The molecule has 5 nitrogen and oxygen atoms in total. The Bertz CT molecular complexity index is 1170. The molecule has 1 heterocycles. The van der Waals surface area contributed by atoms with Gasteiger partial charge in [0.05, 0.1) is 19.1 Å². The summed E-state index contributed by atoms with van der Waals surface area (Å²) < 4.78 is 5.47. The fourth-order valence-corrected chi connectivity index (χ4v) is 5.03. The lowest BCUT2D eigenvalue weighted by Crippen LogP contribution is -2.48. The molecule has 3 aromatic rings. The fourth-order valence-electron chi connectivity index (χ4n) is 5.03. The number of nitrogens with zero attached hydrogens (tertiary/aromatic N) is 1. The van der Waals surface area contributed by atoms with Gasteiger partial charge in [0.1, 0.15) is 5.75 Å². The highest BCUT2D eigenvalue weighted by atomic mass is 16.5. The number of carbonyl (C=O) groups is 2. The van der Waals surface area contributed by atoms with E-state index >= 15 is 0 Å². The van der Waals surface area contributed by atoms with Gasteiger partial charge < -0.3 is 15.0 Å². The van der Waals surface area contributed by atoms with Gasteiger partial charge in [-0.25, -0.2) is 0 Å². The highest BCUT2D eigenvalue weighted by molar-refractivity contribution is 6.01. The van der Waals surface area contributed by atoms with Crippen LogP contribution in [0.15, 0.2) is 78.9 Å². The van der Waals surface area contributed by atoms with Gasteiger partial charge in [-0.15, -0.1) is 0 Å². The Balaban J connectivity index is 1.45. The topological polar surface area (TPSA) is 58.6 Å². The molecule has 5 rings (SSSR count). The normalized spacial score (nSPS) is 19.4. The minimum Gasteiger partial charge on any atom is -0.497 e. The predicted octanol–water partition coefficient (Wildman–Crippen LogP) is 4.89. The predicted molar refractivity (Wildman–Crippen MR) is 132 cm³/mol. The Morgan fingerprint density at radius 1 is 1.00 bits per heavy atom. The SMILES string of the molecule is COc1cccc([C@H]2[C@H](C(=O)NCCCc3ccccc3)c3ccccc3C(=O)N2C2CC2)c1. The van der Waals surface area contributed by atoms with Gasteiger partial charge in [0, 0.05) is 18.2 Å². The van der Waals surface area contributed by atoms with Gasteiger partial charge in [-0.3, -0.25) is 9.59 Å². The summed E-state index contributed by atoms with van der Waals surface area (Å²) in [6, 6.07) is 25.5. The molecule has 0 unspecified atom stereocenters. The highest BCUT2D eigenvalue weighted by Gasteiger charge is 2.49. The van der Waals surface area contributed by atoms with Crippen LogP contribution in [0.3, 0.4) is 0 Å². The number of aryl methyl sites for hydroxylation is 1. The maximum atomic E-state index is 13.7. The number of ether oxygens (including phenoxy) is 1. The van der Waals surface area contributed by atoms with Crippen LogP contribution in [0.2, 0.25) is 0 Å². The Morgan fingerprint density at radius 2 is 1.76 bits per heavy atom. The average Bonchev–Trinajstić information content (AvgIpc) is 3.72. The van der Waals surface area contributed by atoms with E-state index in [0.29, 0.717) is 12.1 Å². The van der Waals surface area contributed by atoms with Crippen LogP contribution < -0.4 is 10.1 Å². The molecule has 0 saturated heterocycles. The zero-order valence-electron chi connectivity index (χ0n) is 19.4. The first-order chi connectivity index (χ1) is 16.7. The van der Waals surface area contributed by atoms with Crippen LogP contribution in [-0.4, -0.2) is 36.4 Å². The molecule has 0 aromatic heterocycles. The minimum atomic E-state index is -0.474. The van der Waals surface area contributed by atoms with Gasteiger partial charge in [-0.2, -0.15) is 0 Å². The van der Waals surface area contributed by atoms with E-state index in [-0.39, 0.29) is 23.9 Å². The van der Waals surface area contributed by atoms with Gasteiger partial charge in [0.2, 0.25) is 5.91 Å². The summed E-state index contributed by atoms with van der Waals surface area (Å²) in [5, 5.41) is 3.18. The van der Waals surface area contributed by atoms with E-state index in [4.69, 9.17) is 4.74 Å². The number of benzene rings is 3. The van der Waals surface area contributed by atoms with Crippen molar-refractivity contribution in [2.75, 3.05) is 13.7 Å². The highest BCUT2D eigenvalue weighted by Crippen LogP contribution is 2.48. The van der Waals surface area contributed by atoms with Gasteiger partial charge in [-0.1, -0.05) is 60.7 Å². The molecule has 1 aliphatic heterocycles. The van der Waals surface area contributed by atoms with Crippen molar-refractivity contribution in [1.29, 1.82) is 0 Å². The van der Waals surface area contributed by atoms with Crippen molar-refractivity contribution in [2.45, 2.75) is 43.7 Å². The molecule has 1 fully saturated rings. The Labute approximate surface area is 200 Å². The second kappa shape index (κ2) is 9.72. The zero-order valence-corrected chi connectivity index (χ0v) is 19.4. The number of rotatable bonds is 8. The second-order valence-corrected chi connectivity index (χ2v) is 9.11. The second-order valence-electron chi connectivity index (χ2n) is 9.11. The summed E-state index contributed by atoms with van der Waals surface area (Å²) in [4.78, 5) is 29.3. The van der Waals surface area contributed by atoms with Crippen molar-refractivity contribution < 1.29 is 14.3 Å². The lowest BCUT2D eigenvalue weighted by atomic mass is 9.79. The number of amides is 2. The first-order valence-electron chi connectivity index (χ1n) is 12.0. The third-order valence-corrected chi connectivity index (χ3v) is 6.82. The monoisotopic (exact) mass is 454 g/mol. The summed E-state index contributed by atoms with van der Waals surface area (Å²) in [5.74, 6) is 0.227. The van der Waals surface area contributed by atoms with Gasteiger partial charge in [0.15, 0.2) is 0 Å². The standard InChI is InChI=1S/C29H30N2O3/c1-34-23-13-7-12-21(19-23)27-26(28(32)30-18-8-11-20-9-3-2-4-10-20)24-14-5-6-15-25(24)29(33)31(27)22-16-17-22/h2-7,9-10,12-15,19,22,26-27H,8,11,16-18H2,1H3,(H,30,32)/t26-,27+/m1/s1. The zero-order chi connectivity index (χ0) is 23.5. The van der Waals surface area contributed by atoms with E-state index in [0.717, 1.165) is 42.6 Å². The summed E-state index contributed by atoms with van der Waals surface area (Å²) in [6.07, 6.45) is 3.72. The van der Waals surface area contributed by atoms with Crippen molar-refractivity contribution in [2.24, 2.45) is 0 Å². The number of hydrogen-bond donors (Lipinski definition) is 1. The first kappa shape index (κ1) is 22.2. The Hall–Kier alpha value is -3.60. The van der Waals surface area contributed by atoms with E-state index in [9.17, 15) is 9.59 Å². The smallest absolute Gasteiger partial charge is 0.254 e. The molecule has 34 heavy (non-hydrogen) atoms. The average molecular weight is 455 g/mol. The molecule has 1 N–H and O–H groups in total. The number of fused-ring (bicyclic) bond motifs is 1. The first-order valence-corrected chi connectivity index (χ1v) is 12.0. The van der Waals surface area contributed by atoms with Crippen LogP contribution in [0.4, 0.5) is 0 Å². The lowest BCUT2D eigenvalue weighted by molar-refractivity contribution is -0.124.